The van der Waals surface area contributed by atoms with Crippen molar-refractivity contribution in [1.29, 1.82) is 5.26 Å². The highest BCUT2D eigenvalue weighted by Gasteiger charge is 2.19. The summed E-state index contributed by atoms with van der Waals surface area (Å²) in [5.74, 6) is 0.217. The highest BCUT2D eigenvalue weighted by Crippen LogP contribution is 2.32. The van der Waals surface area contributed by atoms with Crippen LogP contribution in [0.5, 0.6) is 0 Å². The Morgan fingerprint density at radius 2 is 1.78 bits per heavy atom. The average Bonchev–Trinajstić information content (AvgIpc) is 3.22. The van der Waals surface area contributed by atoms with Gasteiger partial charge in [-0.1, -0.05) is 23.7 Å². The molecule has 0 saturated carbocycles. The van der Waals surface area contributed by atoms with Crippen LogP contribution in [0.2, 0.25) is 5.02 Å². The maximum atomic E-state index is 9.13. The topological polar surface area (TPSA) is 57.7 Å². The fourth-order valence-corrected chi connectivity index (χ4v) is 4.57. The van der Waals surface area contributed by atoms with E-state index < -0.39 is 0 Å². The molecule has 1 fully saturated rings. The zero-order valence-electron chi connectivity index (χ0n) is 17.8. The number of halogens is 1. The molecule has 0 radical (unpaired) electrons. The summed E-state index contributed by atoms with van der Waals surface area (Å²) >= 11 is 6.05. The molecule has 0 spiro atoms. The Labute approximate surface area is 192 Å². The third-order valence-electron chi connectivity index (χ3n) is 6.29. The number of benzene rings is 1. The molecule has 0 amide bonds. The normalized spacial score (nSPS) is 15.1. The lowest BCUT2D eigenvalue weighted by Crippen LogP contribution is -2.35. The lowest BCUT2D eigenvalue weighted by molar-refractivity contribution is 0.200. The van der Waals surface area contributed by atoms with Crippen molar-refractivity contribution in [2.24, 2.45) is 5.92 Å². The number of likely N-dealkylation sites (tertiary alicyclic amines) is 1. The zero-order chi connectivity index (χ0) is 21.9. The lowest BCUT2D eigenvalue weighted by Gasteiger charge is -2.29. The molecule has 1 saturated heterocycles. The quantitative estimate of drug-likeness (QED) is 0.401. The van der Waals surface area contributed by atoms with Gasteiger partial charge in [0.2, 0.25) is 0 Å². The molecule has 160 valence electrons. The van der Waals surface area contributed by atoms with Gasteiger partial charge in [-0.25, -0.2) is 0 Å². The minimum atomic E-state index is 0.217. The standard InChI is InChI=1S/C26H24ClN5/c27-23-5-3-20(4-6-23)21-14-22(17-29-16-21)24-18-32(25-2-1-9-30-26(24)25)13-12-31-10-7-19(15-28)8-11-31/h1-6,9,14,16-19H,7-8,10-13H2. The van der Waals surface area contributed by atoms with Crippen LogP contribution in [0.4, 0.5) is 0 Å². The molecule has 32 heavy (non-hydrogen) atoms. The number of fused-ring (bicyclic) bond motifs is 1. The molecule has 1 aliphatic rings. The first kappa shape index (κ1) is 20.7. The van der Waals surface area contributed by atoms with E-state index in [0.717, 1.165) is 77.3 Å². The van der Waals surface area contributed by atoms with Gasteiger partial charge < -0.3 is 9.47 Å². The van der Waals surface area contributed by atoms with Crippen LogP contribution in [-0.4, -0.2) is 39.1 Å². The van der Waals surface area contributed by atoms with Crippen molar-refractivity contribution >= 4 is 22.6 Å². The Morgan fingerprint density at radius 1 is 1.00 bits per heavy atom. The van der Waals surface area contributed by atoms with Crippen molar-refractivity contribution in [2.75, 3.05) is 19.6 Å². The molecule has 0 N–H and O–H groups in total. The van der Waals surface area contributed by atoms with Crippen molar-refractivity contribution < 1.29 is 0 Å². The maximum absolute atomic E-state index is 9.13. The summed E-state index contributed by atoms with van der Waals surface area (Å²) in [6, 6.07) is 16.5. The van der Waals surface area contributed by atoms with Crippen LogP contribution in [0.3, 0.4) is 0 Å². The molecule has 3 aromatic heterocycles. The number of piperidine rings is 1. The third-order valence-corrected chi connectivity index (χ3v) is 6.54. The van der Waals surface area contributed by atoms with Gasteiger partial charge >= 0.3 is 0 Å². The van der Waals surface area contributed by atoms with Gasteiger partial charge in [-0.2, -0.15) is 5.26 Å². The van der Waals surface area contributed by atoms with E-state index in [1.165, 1.54) is 0 Å². The van der Waals surface area contributed by atoms with Crippen LogP contribution >= 0.6 is 11.6 Å². The van der Waals surface area contributed by atoms with Crippen molar-refractivity contribution in [3.8, 4) is 28.3 Å². The van der Waals surface area contributed by atoms with Crippen LogP contribution < -0.4 is 0 Å². The average molecular weight is 442 g/mol. The second-order valence-electron chi connectivity index (χ2n) is 8.32. The first-order valence-electron chi connectivity index (χ1n) is 11.0. The van der Waals surface area contributed by atoms with Gasteiger partial charge in [-0.3, -0.25) is 9.97 Å². The van der Waals surface area contributed by atoms with E-state index >= 15 is 0 Å². The molecule has 0 bridgehead atoms. The number of hydrogen-bond donors (Lipinski definition) is 0. The largest absolute Gasteiger partial charge is 0.344 e. The summed E-state index contributed by atoms with van der Waals surface area (Å²) in [6.07, 6.45) is 9.77. The van der Waals surface area contributed by atoms with Crippen LogP contribution in [0.15, 0.2) is 67.3 Å². The van der Waals surface area contributed by atoms with Crippen molar-refractivity contribution in [2.45, 2.75) is 19.4 Å². The first-order chi connectivity index (χ1) is 15.7. The first-order valence-corrected chi connectivity index (χ1v) is 11.4. The third kappa shape index (κ3) is 4.25. The number of pyridine rings is 2. The van der Waals surface area contributed by atoms with Gasteiger partial charge in [0.25, 0.3) is 0 Å². The van der Waals surface area contributed by atoms with E-state index in [2.05, 4.69) is 38.8 Å². The van der Waals surface area contributed by atoms with Crippen LogP contribution in [0.25, 0.3) is 33.3 Å². The van der Waals surface area contributed by atoms with E-state index in [1.54, 1.807) is 0 Å². The summed E-state index contributed by atoms with van der Waals surface area (Å²) in [6.45, 7) is 3.86. The summed E-state index contributed by atoms with van der Waals surface area (Å²) in [5, 5.41) is 9.85. The van der Waals surface area contributed by atoms with Gasteiger partial charge in [0.05, 0.1) is 17.1 Å². The predicted molar refractivity (Wildman–Crippen MR) is 128 cm³/mol. The lowest BCUT2D eigenvalue weighted by atomic mass is 9.99. The van der Waals surface area contributed by atoms with E-state index in [1.807, 2.05) is 48.9 Å². The Kier molecular flexibility index (Phi) is 5.89. The molecule has 1 aliphatic heterocycles. The van der Waals surface area contributed by atoms with Crippen molar-refractivity contribution in [3.63, 3.8) is 0 Å². The molecule has 4 heterocycles. The second kappa shape index (κ2) is 9.12. The van der Waals surface area contributed by atoms with E-state index in [9.17, 15) is 0 Å². The van der Waals surface area contributed by atoms with Gasteiger partial charge in [-0.05, 0) is 61.8 Å². The number of hydrogen-bond acceptors (Lipinski definition) is 4. The van der Waals surface area contributed by atoms with Gasteiger partial charge in [0.1, 0.15) is 0 Å². The summed E-state index contributed by atoms with van der Waals surface area (Å²) in [7, 11) is 0. The van der Waals surface area contributed by atoms with E-state index in [0.29, 0.717) is 0 Å². The summed E-state index contributed by atoms with van der Waals surface area (Å²) in [5.41, 5.74) is 6.40. The molecule has 4 aromatic rings. The summed E-state index contributed by atoms with van der Waals surface area (Å²) < 4.78 is 2.29. The highest BCUT2D eigenvalue weighted by atomic mass is 35.5. The number of rotatable bonds is 5. The monoisotopic (exact) mass is 441 g/mol. The Bertz CT molecular complexity index is 1260. The molecular weight excluding hydrogens is 418 g/mol. The molecule has 0 unspecified atom stereocenters. The number of nitrogens with zero attached hydrogens (tertiary/aromatic N) is 5. The molecule has 0 aliphatic carbocycles. The van der Waals surface area contributed by atoms with Gasteiger partial charge in [0, 0.05) is 65.5 Å². The summed E-state index contributed by atoms with van der Waals surface area (Å²) in [4.78, 5) is 11.7. The Morgan fingerprint density at radius 3 is 2.56 bits per heavy atom. The van der Waals surface area contributed by atoms with Crippen LogP contribution in [0, 0.1) is 17.2 Å². The zero-order valence-corrected chi connectivity index (χ0v) is 18.5. The number of aromatic nitrogens is 3. The maximum Gasteiger partial charge on any atom is 0.0959 e. The number of nitriles is 1. The van der Waals surface area contributed by atoms with Crippen molar-refractivity contribution in [1.82, 2.24) is 19.4 Å². The molecular formula is C26H24ClN5. The fourth-order valence-electron chi connectivity index (χ4n) is 4.44. The van der Waals surface area contributed by atoms with Gasteiger partial charge in [-0.15, -0.1) is 0 Å². The van der Waals surface area contributed by atoms with Crippen LogP contribution in [-0.2, 0) is 6.54 Å². The van der Waals surface area contributed by atoms with Crippen LogP contribution in [0.1, 0.15) is 12.8 Å². The Hall–Kier alpha value is -3.20. The van der Waals surface area contributed by atoms with Gasteiger partial charge in [0.15, 0.2) is 0 Å². The Balaban J connectivity index is 1.42. The molecule has 5 nitrogen and oxygen atoms in total. The molecule has 5 rings (SSSR count). The minimum Gasteiger partial charge on any atom is -0.344 e. The van der Waals surface area contributed by atoms with E-state index in [4.69, 9.17) is 21.8 Å². The molecule has 1 aromatic carbocycles. The molecule has 0 atom stereocenters. The highest BCUT2D eigenvalue weighted by molar-refractivity contribution is 6.30. The van der Waals surface area contributed by atoms with E-state index in [-0.39, 0.29) is 5.92 Å². The minimum absolute atomic E-state index is 0.217. The predicted octanol–water partition coefficient (Wildman–Crippen LogP) is 5.65. The van der Waals surface area contributed by atoms with Crippen molar-refractivity contribution in [3.05, 3.63) is 72.3 Å². The second-order valence-corrected chi connectivity index (χ2v) is 8.76. The SMILES string of the molecule is N#CC1CCN(CCn2cc(-c3cncc(-c4ccc(Cl)cc4)c3)c3ncccc32)CC1. The molecule has 6 heteroatoms. The fraction of sp³-hybridized carbons (Fsp3) is 0.269. The smallest absolute Gasteiger partial charge is 0.0959 e.